The van der Waals surface area contributed by atoms with Crippen LogP contribution in [0.4, 0.5) is 5.69 Å². The first-order valence-electron chi connectivity index (χ1n) is 7.30. The molecule has 2 saturated heterocycles. The quantitative estimate of drug-likeness (QED) is 0.916. The monoisotopic (exact) mass is 275 g/mol. The van der Waals surface area contributed by atoms with Crippen molar-refractivity contribution in [1.29, 1.82) is 0 Å². The topological polar surface area (TPSA) is 49.8 Å². The molecule has 2 heterocycles. The van der Waals surface area contributed by atoms with Crippen LogP contribution in [0.15, 0.2) is 24.3 Å². The van der Waals surface area contributed by atoms with E-state index < -0.39 is 5.97 Å². The molecule has 2 fully saturated rings. The molecular weight excluding hydrogens is 254 g/mol. The van der Waals surface area contributed by atoms with Gasteiger partial charge in [0.1, 0.15) is 0 Å². The summed E-state index contributed by atoms with van der Waals surface area (Å²) in [4.78, 5) is 13.0. The zero-order valence-corrected chi connectivity index (χ0v) is 11.7. The van der Waals surface area contributed by atoms with Crippen LogP contribution in [0.2, 0.25) is 0 Å². The summed E-state index contributed by atoms with van der Waals surface area (Å²) < 4.78 is 5.44. The Morgan fingerprint density at radius 3 is 2.75 bits per heavy atom. The lowest BCUT2D eigenvalue weighted by atomic mass is 9.73. The van der Waals surface area contributed by atoms with Gasteiger partial charge in [-0.2, -0.15) is 0 Å². The Balaban J connectivity index is 1.61. The van der Waals surface area contributed by atoms with Crippen molar-refractivity contribution in [2.45, 2.75) is 25.7 Å². The van der Waals surface area contributed by atoms with E-state index in [0.29, 0.717) is 11.8 Å². The molecule has 0 aromatic heterocycles. The van der Waals surface area contributed by atoms with Gasteiger partial charge in [0.15, 0.2) is 0 Å². The van der Waals surface area contributed by atoms with Crippen molar-refractivity contribution in [3.8, 4) is 0 Å². The highest BCUT2D eigenvalue weighted by molar-refractivity contribution is 5.67. The summed E-state index contributed by atoms with van der Waals surface area (Å²) in [5.41, 5.74) is 2.80. The molecule has 2 aliphatic heterocycles. The van der Waals surface area contributed by atoms with E-state index in [0.717, 1.165) is 31.9 Å². The molecule has 2 aliphatic rings. The van der Waals surface area contributed by atoms with Crippen molar-refractivity contribution in [1.82, 2.24) is 0 Å². The Bertz CT molecular complexity index is 486. The van der Waals surface area contributed by atoms with Gasteiger partial charge in [-0.25, -0.2) is 0 Å². The lowest BCUT2D eigenvalue weighted by molar-refractivity contribution is -0.136. The van der Waals surface area contributed by atoms with E-state index in [2.05, 4.69) is 17.0 Å². The average molecular weight is 275 g/mol. The molecular formula is C16H21NO3. The summed E-state index contributed by atoms with van der Waals surface area (Å²) in [6, 6.07) is 8.30. The van der Waals surface area contributed by atoms with Crippen LogP contribution in [0.1, 0.15) is 24.8 Å². The Labute approximate surface area is 119 Å². The SMILES string of the molecule is O=C(O)CCc1cccc(N2CC3(CCOCC3)C2)c1. The van der Waals surface area contributed by atoms with Crippen LogP contribution in [0.5, 0.6) is 0 Å². The molecule has 0 unspecified atom stereocenters. The number of ether oxygens (including phenoxy) is 1. The Morgan fingerprint density at radius 1 is 1.30 bits per heavy atom. The van der Waals surface area contributed by atoms with Crippen molar-refractivity contribution in [2.75, 3.05) is 31.2 Å². The van der Waals surface area contributed by atoms with Gasteiger partial charge in [0.25, 0.3) is 0 Å². The maximum atomic E-state index is 10.6. The number of aliphatic carboxylic acids is 1. The Hall–Kier alpha value is -1.55. The molecule has 20 heavy (non-hydrogen) atoms. The third-order valence-corrected chi connectivity index (χ3v) is 4.51. The molecule has 0 amide bonds. The van der Waals surface area contributed by atoms with Crippen LogP contribution in [-0.4, -0.2) is 37.4 Å². The fourth-order valence-electron chi connectivity index (χ4n) is 3.23. The second-order valence-electron chi connectivity index (χ2n) is 6.03. The number of benzene rings is 1. The number of hydrogen-bond acceptors (Lipinski definition) is 3. The van der Waals surface area contributed by atoms with E-state index in [1.54, 1.807) is 0 Å². The van der Waals surface area contributed by atoms with Gasteiger partial charge in [-0.3, -0.25) is 4.79 Å². The van der Waals surface area contributed by atoms with Gasteiger partial charge in [-0.05, 0) is 37.0 Å². The second-order valence-corrected chi connectivity index (χ2v) is 6.03. The highest BCUT2D eigenvalue weighted by atomic mass is 16.5. The fraction of sp³-hybridized carbons (Fsp3) is 0.562. The number of aryl methyl sites for hydroxylation is 1. The second kappa shape index (κ2) is 5.44. The molecule has 4 heteroatoms. The third-order valence-electron chi connectivity index (χ3n) is 4.51. The number of nitrogens with zero attached hydrogens (tertiary/aromatic N) is 1. The predicted octanol–water partition coefficient (Wildman–Crippen LogP) is 2.32. The first-order valence-corrected chi connectivity index (χ1v) is 7.30. The van der Waals surface area contributed by atoms with Crippen LogP contribution >= 0.6 is 0 Å². The van der Waals surface area contributed by atoms with Gasteiger partial charge in [-0.15, -0.1) is 0 Å². The number of rotatable bonds is 4. The van der Waals surface area contributed by atoms with Crippen molar-refractivity contribution < 1.29 is 14.6 Å². The minimum absolute atomic E-state index is 0.199. The van der Waals surface area contributed by atoms with E-state index >= 15 is 0 Å². The van der Waals surface area contributed by atoms with E-state index in [1.165, 1.54) is 18.5 Å². The van der Waals surface area contributed by atoms with Crippen molar-refractivity contribution in [2.24, 2.45) is 5.41 Å². The van der Waals surface area contributed by atoms with Gasteiger partial charge in [0.2, 0.25) is 0 Å². The Kier molecular flexibility index (Phi) is 3.66. The van der Waals surface area contributed by atoms with Crippen LogP contribution in [0.3, 0.4) is 0 Å². The summed E-state index contributed by atoms with van der Waals surface area (Å²) >= 11 is 0. The lowest BCUT2D eigenvalue weighted by Crippen LogP contribution is -2.58. The molecule has 1 aromatic rings. The summed E-state index contributed by atoms with van der Waals surface area (Å²) in [7, 11) is 0. The standard InChI is InChI=1S/C16H21NO3/c18-15(19)5-4-13-2-1-3-14(10-13)17-11-16(12-17)6-8-20-9-7-16/h1-3,10H,4-9,11-12H2,(H,18,19). The zero-order valence-electron chi connectivity index (χ0n) is 11.7. The number of carbonyl (C=O) groups is 1. The number of anilines is 1. The Morgan fingerprint density at radius 2 is 2.05 bits per heavy atom. The molecule has 0 aliphatic carbocycles. The van der Waals surface area contributed by atoms with Crippen LogP contribution in [0, 0.1) is 5.41 Å². The van der Waals surface area contributed by atoms with Gasteiger partial charge < -0.3 is 14.7 Å². The summed E-state index contributed by atoms with van der Waals surface area (Å²) in [6.07, 6.45) is 3.14. The van der Waals surface area contributed by atoms with Gasteiger partial charge in [0.05, 0.1) is 0 Å². The van der Waals surface area contributed by atoms with Crippen molar-refractivity contribution in [3.05, 3.63) is 29.8 Å². The van der Waals surface area contributed by atoms with Crippen LogP contribution in [-0.2, 0) is 16.0 Å². The fourth-order valence-corrected chi connectivity index (χ4v) is 3.23. The molecule has 1 spiro atoms. The molecule has 0 radical (unpaired) electrons. The van der Waals surface area contributed by atoms with E-state index in [9.17, 15) is 4.79 Å². The third kappa shape index (κ3) is 2.80. The molecule has 1 N–H and O–H groups in total. The van der Waals surface area contributed by atoms with Crippen molar-refractivity contribution in [3.63, 3.8) is 0 Å². The molecule has 1 aromatic carbocycles. The van der Waals surface area contributed by atoms with Gasteiger partial charge in [0, 0.05) is 43.8 Å². The van der Waals surface area contributed by atoms with Gasteiger partial charge >= 0.3 is 5.97 Å². The summed E-state index contributed by atoms with van der Waals surface area (Å²) in [5.74, 6) is -0.736. The summed E-state index contributed by atoms with van der Waals surface area (Å²) in [5, 5.41) is 8.75. The predicted molar refractivity (Wildman–Crippen MR) is 77.1 cm³/mol. The van der Waals surface area contributed by atoms with Crippen LogP contribution in [0.25, 0.3) is 0 Å². The maximum Gasteiger partial charge on any atom is 0.303 e. The maximum absolute atomic E-state index is 10.6. The number of carboxylic acids is 1. The van der Waals surface area contributed by atoms with Crippen LogP contribution < -0.4 is 4.90 Å². The van der Waals surface area contributed by atoms with Crippen molar-refractivity contribution >= 4 is 11.7 Å². The molecule has 108 valence electrons. The number of hydrogen-bond donors (Lipinski definition) is 1. The molecule has 3 rings (SSSR count). The normalized spacial score (nSPS) is 20.7. The van der Waals surface area contributed by atoms with E-state index in [-0.39, 0.29) is 6.42 Å². The van der Waals surface area contributed by atoms with E-state index in [4.69, 9.17) is 9.84 Å². The molecule has 0 bridgehead atoms. The number of carboxylic acid groups (broad SMARTS) is 1. The minimum atomic E-state index is -0.736. The molecule has 0 atom stereocenters. The molecule has 4 nitrogen and oxygen atoms in total. The molecule has 0 saturated carbocycles. The lowest BCUT2D eigenvalue weighted by Gasteiger charge is -2.53. The minimum Gasteiger partial charge on any atom is -0.481 e. The average Bonchev–Trinajstić information content (AvgIpc) is 2.44. The smallest absolute Gasteiger partial charge is 0.303 e. The highest BCUT2D eigenvalue weighted by Gasteiger charge is 2.43. The zero-order chi connectivity index (χ0) is 14.0. The first kappa shape index (κ1) is 13.4. The van der Waals surface area contributed by atoms with Gasteiger partial charge in [-0.1, -0.05) is 12.1 Å². The summed E-state index contributed by atoms with van der Waals surface area (Å²) in [6.45, 7) is 4.01. The highest BCUT2D eigenvalue weighted by Crippen LogP contribution is 2.42. The largest absolute Gasteiger partial charge is 0.481 e. The first-order chi connectivity index (χ1) is 9.67. The van der Waals surface area contributed by atoms with E-state index in [1.807, 2.05) is 12.1 Å².